The van der Waals surface area contributed by atoms with Crippen molar-refractivity contribution in [3.63, 3.8) is 0 Å². The maximum atomic E-state index is 11.5. The molecule has 0 heterocycles. The molecule has 104 valence electrons. The van der Waals surface area contributed by atoms with E-state index in [0.29, 0.717) is 24.4 Å². The molecule has 0 saturated heterocycles. The second kappa shape index (κ2) is 5.36. The molecule has 0 bridgehead atoms. The van der Waals surface area contributed by atoms with Gasteiger partial charge in [0.1, 0.15) is 11.5 Å². The van der Waals surface area contributed by atoms with Crippen LogP contribution in [-0.2, 0) is 10.2 Å². The molecular formula is C17H24O2. The molecule has 1 N–H and O–H groups in total. The SMILES string of the molecule is CCC(C)(C)c1ccc(C2CCCC(=O)C2)c(O)c1. The lowest BCUT2D eigenvalue weighted by molar-refractivity contribution is -0.120. The van der Waals surface area contributed by atoms with Gasteiger partial charge in [-0.25, -0.2) is 0 Å². The number of phenols is 1. The molecule has 1 fully saturated rings. The van der Waals surface area contributed by atoms with Crippen LogP contribution in [-0.4, -0.2) is 10.9 Å². The molecule has 2 heteroatoms. The fourth-order valence-electron chi connectivity index (χ4n) is 2.80. The van der Waals surface area contributed by atoms with Crippen LogP contribution in [0.4, 0.5) is 0 Å². The Morgan fingerprint density at radius 1 is 1.37 bits per heavy atom. The second-order valence-corrected chi connectivity index (χ2v) is 6.34. The fourth-order valence-corrected chi connectivity index (χ4v) is 2.80. The van der Waals surface area contributed by atoms with Gasteiger partial charge >= 0.3 is 0 Å². The van der Waals surface area contributed by atoms with E-state index < -0.39 is 0 Å². The summed E-state index contributed by atoms with van der Waals surface area (Å²) in [5.41, 5.74) is 2.19. The Morgan fingerprint density at radius 3 is 2.68 bits per heavy atom. The van der Waals surface area contributed by atoms with Crippen molar-refractivity contribution >= 4 is 5.78 Å². The van der Waals surface area contributed by atoms with Gasteiger partial charge in [-0.2, -0.15) is 0 Å². The van der Waals surface area contributed by atoms with Gasteiger partial charge in [0.05, 0.1) is 0 Å². The summed E-state index contributed by atoms with van der Waals surface area (Å²) < 4.78 is 0. The Kier molecular flexibility index (Phi) is 3.98. The predicted molar refractivity (Wildman–Crippen MR) is 77.6 cm³/mol. The summed E-state index contributed by atoms with van der Waals surface area (Å²) >= 11 is 0. The maximum Gasteiger partial charge on any atom is 0.133 e. The number of aromatic hydroxyl groups is 1. The summed E-state index contributed by atoms with van der Waals surface area (Å²) in [7, 11) is 0. The Morgan fingerprint density at radius 2 is 2.11 bits per heavy atom. The van der Waals surface area contributed by atoms with Crippen molar-refractivity contribution in [3.05, 3.63) is 29.3 Å². The number of Topliss-reactive ketones (excluding diaryl/α,β-unsaturated/α-hetero) is 1. The molecule has 2 nitrogen and oxygen atoms in total. The topological polar surface area (TPSA) is 37.3 Å². The highest BCUT2D eigenvalue weighted by molar-refractivity contribution is 5.80. The number of hydrogen-bond acceptors (Lipinski definition) is 2. The number of phenolic OH excluding ortho intramolecular Hbond substituents is 1. The third-order valence-electron chi connectivity index (χ3n) is 4.62. The Balaban J connectivity index is 2.26. The molecule has 1 aromatic carbocycles. The van der Waals surface area contributed by atoms with Gasteiger partial charge in [-0.15, -0.1) is 0 Å². The van der Waals surface area contributed by atoms with E-state index in [-0.39, 0.29) is 11.3 Å². The van der Waals surface area contributed by atoms with Crippen molar-refractivity contribution in [1.82, 2.24) is 0 Å². The zero-order chi connectivity index (χ0) is 14.0. The van der Waals surface area contributed by atoms with Gasteiger partial charge in [0.15, 0.2) is 0 Å². The number of rotatable bonds is 3. The van der Waals surface area contributed by atoms with E-state index in [1.165, 1.54) is 5.56 Å². The summed E-state index contributed by atoms with van der Waals surface area (Å²) in [6, 6.07) is 6.01. The largest absolute Gasteiger partial charge is 0.508 e. The van der Waals surface area contributed by atoms with Gasteiger partial charge in [0.25, 0.3) is 0 Å². The van der Waals surface area contributed by atoms with Gasteiger partial charge in [0, 0.05) is 12.8 Å². The predicted octanol–water partition coefficient (Wildman–Crippen LogP) is 4.31. The van der Waals surface area contributed by atoms with Crippen LogP contribution in [0.1, 0.15) is 69.9 Å². The Hall–Kier alpha value is -1.31. The van der Waals surface area contributed by atoms with E-state index in [0.717, 1.165) is 24.8 Å². The first kappa shape index (κ1) is 14.1. The Bertz CT molecular complexity index is 474. The normalized spacial score (nSPS) is 20.6. The van der Waals surface area contributed by atoms with Gasteiger partial charge < -0.3 is 5.11 Å². The van der Waals surface area contributed by atoms with Crippen LogP contribution >= 0.6 is 0 Å². The number of benzene rings is 1. The first-order valence-electron chi connectivity index (χ1n) is 7.29. The van der Waals surface area contributed by atoms with Crippen molar-refractivity contribution in [2.75, 3.05) is 0 Å². The summed E-state index contributed by atoms with van der Waals surface area (Å²) in [4.78, 5) is 11.5. The molecule has 1 aliphatic carbocycles. The van der Waals surface area contributed by atoms with E-state index in [9.17, 15) is 9.90 Å². The van der Waals surface area contributed by atoms with E-state index in [4.69, 9.17) is 0 Å². The second-order valence-electron chi connectivity index (χ2n) is 6.34. The van der Waals surface area contributed by atoms with Gasteiger partial charge in [0.2, 0.25) is 0 Å². The van der Waals surface area contributed by atoms with Crippen LogP contribution in [0.5, 0.6) is 5.75 Å². The molecule has 0 amide bonds. The molecule has 2 rings (SSSR count). The van der Waals surface area contributed by atoms with Gasteiger partial charge in [-0.1, -0.05) is 32.9 Å². The molecule has 19 heavy (non-hydrogen) atoms. The monoisotopic (exact) mass is 260 g/mol. The first-order valence-corrected chi connectivity index (χ1v) is 7.29. The number of ketones is 1. The average Bonchev–Trinajstić information content (AvgIpc) is 2.38. The van der Waals surface area contributed by atoms with Crippen LogP contribution in [0, 0.1) is 0 Å². The number of carbonyl (C=O) groups excluding carboxylic acids is 1. The van der Waals surface area contributed by atoms with Crippen molar-refractivity contribution in [1.29, 1.82) is 0 Å². The van der Waals surface area contributed by atoms with Crippen molar-refractivity contribution in [3.8, 4) is 5.75 Å². The number of carbonyl (C=O) groups is 1. The highest BCUT2D eigenvalue weighted by Gasteiger charge is 2.25. The minimum atomic E-state index is 0.0817. The minimum Gasteiger partial charge on any atom is -0.508 e. The maximum absolute atomic E-state index is 11.5. The molecule has 1 saturated carbocycles. The van der Waals surface area contributed by atoms with E-state index in [2.05, 4.69) is 26.8 Å². The highest BCUT2D eigenvalue weighted by atomic mass is 16.3. The molecule has 1 unspecified atom stereocenters. The molecule has 0 spiro atoms. The summed E-state index contributed by atoms with van der Waals surface area (Å²) in [6.45, 7) is 6.53. The molecule has 1 aromatic rings. The van der Waals surface area contributed by atoms with E-state index in [1.54, 1.807) is 0 Å². The molecule has 0 radical (unpaired) electrons. The third-order valence-corrected chi connectivity index (χ3v) is 4.62. The molecule has 0 aromatic heterocycles. The molecular weight excluding hydrogens is 236 g/mol. The van der Waals surface area contributed by atoms with E-state index in [1.807, 2.05) is 12.1 Å². The van der Waals surface area contributed by atoms with Crippen LogP contribution in [0.2, 0.25) is 0 Å². The lowest BCUT2D eigenvalue weighted by Crippen LogP contribution is -2.16. The average molecular weight is 260 g/mol. The van der Waals surface area contributed by atoms with E-state index >= 15 is 0 Å². The lowest BCUT2D eigenvalue weighted by Gasteiger charge is -2.26. The quantitative estimate of drug-likeness (QED) is 0.879. The fraction of sp³-hybridized carbons (Fsp3) is 0.588. The summed E-state index contributed by atoms with van der Waals surface area (Å²) in [5, 5.41) is 10.3. The zero-order valence-corrected chi connectivity index (χ0v) is 12.2. The molecule has 0 aliphatic heterocycles. The standard InChI is InChI=1S/C17H24O2/c1-4-17(2,3)13-8-9-15(16(19)11-13)12-6-5-7-14(18)10-12/h8-9,11-12,19H,4-7,10H2,1-3H3. The smallest absolute Gasteiger partial charge is 0.133 e. The Labute approximate surface area is 115 Å². The first-order chi connectivity index (χ1) is 8.94. The highest BCUT2D eigenvalue weighted by Crippen LogP contribution is 2.38. The third kappa shape index (κ3) is 2.99. The van der Waals surface area contributed by atoms with Crippen LogP contribution in [0.25, 0.3) is 0 Å². The van der Waals surface area contributed by atoms with Gasteiger partial charge in [-0.3, -0.25) is 4.79 Å². The molecule has 1 atom stereocenters. The number of hydrogen-bond donors (Lipinski definition) is 1. The van der Waals surface area contributed by atoms with Crippen molar-refractivity contribution in [2.24, 2.45) is 0 Å². The van der Waals surface area contributed by atoms with Crippen LogP contribution < -0.4 is 0 Å². The van der Waals surface area contributed by atoms with Gasteiger partial charge in [-0.05, 0) is 47.8 Å². The molecule has 1 aliphatic rings. The lowest BCUT2D eigenvalue weighted by atomic mass is 9.79. The van der Waals surface area contributed by atoms with Crippen LogP contribution in [0.3, 0.4) is 0 Å². The zero-order valence-electron chi connectivity index (χ0n) is 12.2. The van der Waals surface area contributed by atoms with Crippen LogP contribution in [0.15, 0.2) is 18.2 Å². The van der Waals surface area contributed by atoms with Crippen molar-refractivity contribution < 1.29 is 9.90 Å². The van der Waals surface area contributed by atoms with Crippen molar-refractivity contribution in [2.45, 2.75) is 64.2 Å². The minimum absolute atomic E-state index is 0.0817. The summed E-state index contributed by atoms with van der Waals surface area (Å²) in [5.74, 6) is 0.896. The summed E-state index contributed by atoms with van der Waals surface area (Å²) in [6.07, 6.45) is 4.29.